The summed E-state index contributed by atoms with van der Waals surface area (Å²) >= 11 is 1.25. The van der Waals surface area contributed by atoms with Gasteiger partial charge in [-0.05, 0) is 11.4 Å². The molecular formula is C13H14N6O2S2. The quantitative estimate of drug-likeness (QED) is 0.691. The van der Waals surface area contributed by atoms with Crippen LogP contribution in [0.2, 0.25) is 0 Å². The van der Waals surface area contributed by atoms with Crippen molar-refractivity contribution in [1.29, 1.82) is 0 Å². The van der Waals surface area contributed by atoms with E-state index in [0.29, 0.717) is 36.0 Å². The Bertz CT molecular complexity index is 913. The Morgan fingerprint density at radius 3 is 2.74 bits per heavy atom. The van der Waals surface area contributed by atoms with Gasteiger partial charge in [0.2, 0.25) is 0 Å². The van der Waals surface area contributed by atoms with E-state index in [1.807, 2.05) is 6.07 Å². The van der Waals surface area contributed by atoms with E-state index >= 15 is 0 Å². The van der Waals surface area contributed by atoms with E-state index in [1.165, 1.54) is 11.3 Å². The van der Waals surface area contributed by atoms with Crippen molar-refractivity contribution in [3.05, 3.63) is 36.1 Å². The van der Waals surface area contributed by atoms with E-state index in [9.17, 15) is 8.42 Å². The smallest absolute Gasteiger partial charge is 0.252 e. The predicted octanol–water partition coefficient (Wildman–Crippen LogP) is 0.697. The van der Waals surface area contributed by atoms with Crippen LogP contribution in [0.5, 0.6) is 0 Å². The molecule has 10 heteroatoms. The van der Waals surface area contributed by atoms with Crippen molar-refractivity contribution in [2.24, 2.45) is 0 Å². The van der Waals surface area contributed by atoms with Gasteiger partial charge in [0.05, 0.1) is 11.9 Å². The minimum absolute atomic E-state index is 0.400. The summed E-state index contributed by atoms with van der Waals surface area (Å²) in [7, 11) is -3.37. The summed E-state index contributed by atoms with van der Waals surface area (Å²) in [6.07, 6.45) is 3.30. The van der Waals surface area contributed by atoms with Gasteiger partial charge < -0.3 is 4.90 Å². The first kappa shape index (κ1) is 14.5. The van der Waals surface area contributed by atoms with Gasteiger partial charge in [-0.3, -0.25) is 0 Å². The highest BCUT2D eigenvalue weighted by atomic mass is 32.2. The van der Waals surface area contributed by atoms with Gasteiger partial charge in [0.15, 0.2) is 5.65 Å². The van der Waals surface area contributed by atoms with Crippen molar-refractivity contribution in [2.75, 3.05) is 31.1 Å². The molecule has 23 heavy (non-hydrogen) atoms. The van der Waals surface area contributed by atoms with Gasteiger partial charge in [-0.1, -0.05) is 6.07 Å². The summed E-state index contributed by atoms with van der Waals surface area (Å²) in [5, 5.41) is 13.8. The number of anilines is 1. The Labute approximate surface area is 137 Å². The Hall–Kier alpha value is -2.04. The lowest BCUT2D eigenvalue weighted by Gasteiger charge is -2.34. The third-order valence-electron chi connectivity index (χ3n) is 3.84. The molecule has 8 nitrogen and oxygen atoms in total. The molecule has 0 aliphatic carbocycles. The van der Waals surface area contributed by atoms with Crippen molar-refractivity contribution >= 4 is 32.7 Å². The molecule has 0 N–H and O–H groups in total. The molecule has 4 rings (SSSR count). The third-order valence-corrected chi connectivity index (χ3v) is 7.11. The van der Waals surface area contributed by atoms with E-state index in [2.05, 4.69) is 20.2 Å². The van der Waals surface area contributed by atoms with Crippen molar-refractivity contribution in [3.63, 3.8) is 0 Å². The highest BCUT2D eigenvalue weighted by Gasteiger charge is 2.29. The molecule has 0 atom stereocenters. The first-order valence-corrected chi connectivity index (χ1v) is 9.41. The molecular weight excluding hydrogens is 336 g/mol. The maximum Gasteiger partial charge on any atom is 0.252 e. The maximum atomic E-state index is 12.5. The van der Waals surface area contributed by atoms with Gasteiger partial charge in [0, 0.05) is 32.2 Å². The van der Waals surface area contributed by atoms with E-state index in [-0.39, 0.29) is 0 Å². The summed E-state index contributed by atoms with van der Waals surface area (Å²) in [4.78, 5) is 2.11. The minimum atomic E-state index is -3.37. The lowest BCUT2D eigenvalue weighted by molar-refractivity contribution is 0.385. The second-order valence-electron chi connectivity index (χ2n) is 5.17. The molecule has 0 saturated carbocycles. The van der Waals surface area contributed by atoms with Gasteiger partial charge in [-0.25, -0.2) is 12.9 Å². The molecule has 120 valence electrons. The zero-order valence-corrected chi connectivity index (χ0v) is 13.7. The number of piperazine rings is 1. The van der Waals surface area contributed by atoms with Crippen LogP contribution in [-0.4, -0.2) is 58.7 Å². The zero-order valence-electron chi connectivity index (χ0n) is 12.1. The van der Waals surface area contributed by atoms with Crippen LogP contribution in [0.1, 0.15) is 0 Å². The molecule has 0 spiro atoms. The summed E-state index contributed by atoms with van der Waals surface area (Å²) in [5.41, 5.74) is 1.61. The first-order chi connectivity index (χ1) is 11.1. The zero-order chi connectivity index (χ0) is 15.9. The molecule has 1 aliphatic heterocycles. The fraction of sp³-hybridized carbons (Fsp3) is 0.308. The molecule has 1 aliphatic rings. The van der Waals surface area contributed by atoms with Gasteiger partial charge in [0.25, 0.3) is 10.0 Å². The van der Waals surface area contributed by atoms with E-state index in [0.717, 1.165) is 5.69 Å². The Morgan fingerprint density at radius 2 is 2.00 bits per heavy atom. The van der Waals surface area contributed by atoms with Crippen molar-refractivity contribution in [3.8, 4) is 0 Å². The van der Waals surface area contributed by atoms with Crippen LogP contribution >= 0.6 is 11.3 Å². The Balaban J connectivity index is 1.50. The molecule has 3 aromatic rings. The SMILES string of the molecule is O=S(=O)(c1cccs1)N1CCN(c2cnn3cnnc3c2)CC1. The number of fused-ring (bicyclic) bond motifs is 1. The Kier molecular flexibility index (Phi) is 3.51. The van der Waals surface area contributed by atoms with Gasteiger partial charge in [-0.2, -0.15) is 9.40 Å². The lowest BCUT2D eigenvalue weighted by Crippen LogP contribution is -2.48. The van der Waals surface area contributed by atoms with Crippen molar-refractivity contribution in [2.45, 2.75) is 4.21 Å². The average Bonchev–Trinajstić information content (AvgIpc) is 3.26. The van der Waals surface area contributed by atoms with Crippen LogP contribution in [0.3, 0.4) is 0 Å². The number of thiophene rings is 1. The lowest BCUT2D eigenvalue weighted by atomic mass is 10.3. The minimum Gasteiger partial charge on any atom is -0.367 e. The average molecular weight is 350 g/mol. The first-order valence-electron chi connectivity index (χ1n) is 7.09. The molecule has 1 saturated heterocycles. The molecule has 3 aromatic heterocycles. The van der Waals surface area contributed by atoms with E-state index in [4.69, 9.17) is 0 Å². The molecule has 0 amide bonds. The molecule has 0 radical (unpaired) electrons. The van der Waals surface area contributed by atoms with Gasteiger partial charge in [-0.15, -0.1) is 21.5 Å². The highest BCUT2D eigenvalue weighted by molar-refractivity contribution is 7.91. The molecule has 0 bridgehead atoms. The van der Waals surface area contributed by atoms with Crippen molar-refractivity contribution in [1.82, 2.24) is 24.1 Å². The topological polar surface area (TPSA) is 83.7 Å². The summed E-state index contributed by atoms with van der Waals surface area (Å²) in [6, 6.07) is 5.31. The summed E-state index contributed by atoms with van der Waals surface area (Å²) in [6.45, 7) is 2.16. The largest absolute Gasteiger partial charge is 0.367 e. The molecule has 0 unspecified atom stereocenters. The van der Waals surface area contributed by atoms with Crippen LogP contribution in [-0.2, 0) is 10.0 Å². The second-order valence-corrected chi connectivity index (χ2v) is 8.28. The maximum absolute atomic E-state index is 12.5. The number of nitrogens with zero attached hydrogens (tertiary/aromatic N) is 6. The highest BCUT2D eigenvalue weighted by Crippen LogP contribution is 2.23. The molecule has 4 heterocycles. The second kappa shape index (κ2) is 5.55. The predicted molar refractivity (Wildman–Crippen MR) is 86.1 cm³/mol. The fourth-order valence-corrected chi connectivity index (χ4v) is 5.18. The van der Waals surface area contributed by atoms with Crippen LogP contribution < -0.4 is 4.90 Å². The van der Waals surface area contributed by atoms with E-state index in [1.54, 1.807) is 38.9 Å². The normalized spacial score (nSPS) is 17.0. The number of rotatable bonds is 3. The molecule has 0 aromatic carbocycles. The number of sulfonamides is 1. The summed E-state index contributed by atoms with van der Waals surface area (Å²) < 4.78 is 28.6. The van der Waals surface area contributed by atoms with Crippen LogP contribution in [0.4, 0.5) is 5.69 Å². The number of hydrogen-bond acceptors (Lipinski definition) is 7. The fourth-order valence-electron chi connectivity index (χ4n) is 2.61. The van der Waals surface area contributed by atoms with Gasteiger partial charge >= 0.3 is 0 Å². The Morgan fingerprint density at radius 1 is 1.17 bits per heavy atom. The van der Waals surface area contributed by atoms with Crippen LogP contribution in [0.25, 0.3) is 5.65 Å². The summed E-state index contributed by atoms with van der Waals surface area (Å²) in [5.74, 6) is 0. The monoisotopic (exact) mass is 350 g/mol. The van der Waals surface area contributed by atoms with Crippen LogP contribution in [0.15, 0.2) is 40.3 Å². The number of aromatic nitrogens is 4. The van der Waals surface area contributed by atoms with Crippen molar-refractivity contribution < 1.29 is 8.42 Å². The third kappa shape index (κ3) is 2.58. The standard InChI is InChI=1S/C13H14N6O2S2/c20-23(21,13-2-1-7-22-13)18-5-3-17(4-6-18)11-8-12-16-14-10-19(12)15-9-11/h1-2,7-10H,3-6H2. The molecule has 1 fully saturated rings. The van der Waals surface area contributed by atoms with E-state index < -0.39 is 10.0 Å². The van der Waals surface area contributed by atoms with Crippen LogP contribution in [0, 0.1) is 0 Å². The number of hydrogen-bond donors (Lipinski definition) is 0. The van der Waals surface area contributed by atoms with Gasteiger partial charge in [0.1, 0.15) is 10.5 Å².